The van der Waals surface area contributed by atoms with E-state index in [9.17, 15) is 0 Å². The van der Waals surface area contributed by atoms with Crippen LogP contribution in [-0.4, -0.2) is 49.6 Å². The van der Waals surface area contributed by atoms with Crippen molar-refractivity contribution in [1.29, 1.82) is 0 Å². The Morgan fingerprint density at radius 3 is 2.68 bits per heavy atom. The Kier molecular flexibility index (Phi) is 4.47. The molecule has 2 heterocycles. The number of likely N-dealkylation sites (tertiary alicyclic amines) is 2. The molecule has 0 aliphatic carbocycles. The highest BCUT2D eigenvalue weighted by Crippen LogP contribution is 2.33. The predicted molar refractivity (Wildman–Crippen MR) is 91.6 cm³/mol. The van der Waals surface area contributed by atoms with Crippen LogP contribution in [-0.2, 0) is 6.54 Å². The summed E-state index contributed by atoms with van der Waals surface area (Å²) in [7, 11) is 4.06. The van der Waals surface area contributed by atoms with Crippen molar-refractivity contribution in [3.63, 3.8) is 0 Å². The highest BCUT2D eigenvalue weighted by molar-refractivity contribution is 5.44. The topological polar surface area (TPSA) is 15.7 Å². The van der Waals surface area contributed by atoms with E-state index < -0.39 is 0 Å². The molecule has 0 aromatic heterocycles. The average Bonchev–Trinajstić information content (AvgIpc) is 3.02. The van der Waals surface area contributed by atoms with Gasteiger partial charge in [-0.15, -0.1) is 0 Å². The summed E-state index contributed by atoms with van der Waals surface area (Å²) in [6, 6.07) is 5.37. The van der Waals surface area contributed by atoms with Gasteiger partial charge in [-0.25, -0.2) is 0 Å². The van der Waals surface area contributed by atoms with Gasteiger partial charge in [-0.2, -0.15) is 0 Å². The minimum absolute atomic E-state index is 0.499. The first-order chi connectivity index (χ1) is 10.5. The standard InChI is InChI=1S/C19H30N2O/c1-13(2)17-9-16(14(3)8-19(17)22-5)11-21-10-15-6-7-20(4)18(15)12-21/h8-9,13,15,18H,6-7,10-12H2,1-5H3/t15-,18+/m1/s1. The van der Waals surface area contributed by atoms with Gasteiger partial charge < -0.3 is 9.64 Å². The molecule has 3 nitrogen and oxygen atoms in total. The summed E-state index contributed by atoms with van der Waals surface area (Å²) in [5.41, 5.74) is 4.15. The average molecular weight is 302 g/mol. The third-order valence-electron chi connectivity index (χ3n) is 5.61. The molecule has 1 aromatic rings. The second-order valence-electron chi connectivity index (χ2n) is 7.47. The molecular formula is C19H30N2O. The molecule has 3 heteroatoms. The minimum Gasteiger partial charge on any atom is -0.496 e. The third kappa shape index (κ3) is 2.89. The van der Waals surface area contributed by atoms with Crippen molar-refractivity contribution in [3.05, 3.63) is 28.8 Å². The van der Waals surface area contributed by atoms with Crippen molar-refractivity contribution >= 4 is 0 Å². The third-order valence-corrected chi connectivity index (χ3v) is 5.61. The zero-order valence-electron chi connectivity index (χ0n) is 14.7. The van der Waals surface area contributed by atoms with E-state index in [1.54, 1.807) is 7.11 Å². The van der Waals surface area contributed by atoms with Crippen LogP contribution in [0.3, 0.4) is 0 Å². The second kappa shape index (κ2) is 6.21. The molecule has 2 aliphatic heterocycles. The van der Waals surface area contributed by atoms with Crippen LogP contribution in [0.4, 0.5) is 0 Å². The SMILES string of the molecule is COc1cc(C)c(CN2C[C@H]3CCN(C)[C@H]3C2)cc1C(C)C. The Bertz CT molecular complexity index is 540. The van der Waals surface area contributed by atoms with E-state index in [1.165, 1.54) is 42.7 Å². The van der Waals surface area contributed by atoms with E-state index in [4.69, 9.17) is 4.74 Å². The fraction of sp³-hybridized carbons (Fsp3) is 0.684. The van der Waals surface area contributed by atoms with E-state index >= 15 is 0 Å². The number of methoxy groups -OCH3 is 1. The molecule has 2 saturated heterocycles. The number of hydrogen-bond donors (Lipinski definition) is 0. The lowest BCUT2D eigenvalue weighted by atomic mass is 9.96. The van der Waals surface area contributed by atoms with Gasteiger partial charge in [0.05, 0.1) is 7.11 Å². The van der Waals surface area contributed by atoms with Gasteiger partial charge in [0.25, 0.3) is 0 Å². The Hall–Kier alpha value is -1.06. The van der Waals surface area contributed by atoms with Crippen LogP contribution in [0.1, 0.15) is 42.9 Å². The first-order valence-corrected chi connectivity index (χ1v) is 8.59. The Labute approximate surface area is 135 Å². The molecule has 1 aromatic carbocycles. The van der Waals surface area contributed by atoms with Crippen molar-refractivity contribution in [2.75, 3.05) is 33.8 Å². The fourth-order valence-corrected chi connectivity index (χ4v) is 4.17. The molecule has 0 bridgehead atoms. The largest absolute Gasteiger partial charge is 0.496 e. The van der Waals surface area contributed by atoms with Crippen LogP contribution in [0.2, 0.25) is 0 Å². The molecule has 2 atom stereocenters. The van der Waals surface area contributed by atoms with Gasteiger partial charge >= 0.3 is 0 Å². The highest BCUT2D eigenvalue weighted by Gasteiger charge is 2.39. The zero-order valence-corrected chi connectivity index (χ0v) is 14.7. The minimum atomic E-state index is 0.499. The molecule has 122 valence electrons. The molecule has 22 heavy (non-hydrogen) atoms. The van der Waals surface area contributed by atoms with Crippen molar-refractivity contribution in [2.24, 2.45) is 5.92 Å². The number of fused-ring (bicyclic) bond motifs is 1. The molecule has 0 N–H and O–H groups in total. The quantitative estimate of drug-likeness (QED) is 0.849. The van der Waals surface area contributed by atoms with Crippen LogP contribution in [0.15, 0.2) is 12.1 Å². The van der Waals surface area contributed by atoms with Crippen molar-refractivity contribution in [1.82, 2.24) is 9.80 Å². The Balaban J connectivity index is 1.77. The number of benzene rings is 1. The summed E-state index contributed by atoms with van der Waals surface area (Å²) in [4.78, 5) is 5.19. The maximum absolute atomic E-state index is 5.57. The fourth-order valence-electron chi connectivity index (χ4n) is 4.17. The first kappa shape index (κ1) is 15.8. The van der Waals surface area contributed by atoms with Crippen LogP contribution in [0.5, 0.6) is 5.75 Å². The molecule has 0 unspecified atom stereocenters. The number of rotatable bonds is 4. The maximum Gasteiger partial charge on any atom is 0.122 e. The number of likely N-dealkylation sites (N-methyl/N-ethyl adjacent to an activating group) is 1. The molecule has 3 rings (SSSR count). The smallest absolute Gasteiger partial charge is 0.122 e. The molecule has 0 spiro atoms. The summed E-state index contributed by atoms with van der Waals surface area (Å²) in [5.74, 6) is 2.42. The van der Waals surface area contributed by atoms with E-state index in [1.807, 2.05) is 0 Å². The second-order valence-corrected chi connectivity index (χ2v) is 7.47. The van der Waals surface area contributed by atoms with Gasteiger partial charge in [-0.1, -0.05) is 19.9 Å². The first-order valence-electron chi connectivity index (χ1n) is 8.59. The molecule has 0 radical (unpaired) electrons. The van der Waals surface area contributed by atoms with Gasteiger partial charge in [-0.3, -0.25) is 4.90 Å². The van der Waals surface area contributed by atoms with E-state index in [2.05, 4.69) is 49.8 Å². The monoisotopic (exact) mass is 302 g/mol. The van der Waals surface area contributed by atoms with Gasteiger partial charge in [0.1, 0.15) is 5.75 Å². The maximum atomic E-state index is 5.57. The van der Waals surface area contributed by atoms with E-state index in [0.29, 0.717) is 5.92 Å². The van der Waals surface area contributed by atoms with Crippen LogP contribution in [0.25, 0.3) is 0 Å². The summed E-state index contributed by atoms with van der Waals surface area (Å²) < 4.78 is 5.57. The van der Waals surface area contributed by atoms with Crippen LogP contribution in [0, 0.1) is 12.8 Å². The van der Waals surface area contributed by atoms with Gasteiger partial charge in [0, 0.05) is 25.7 Å². The molecule has 2 fully saturated rings. The number of nitrogens with zero attached hydrogens (tertiary/aromatic N) is 2. The van der Waals surface area contributed by atoms with Crippen molar-refractivity contribution < 1.29 is 4.74 Å². The molecule has 0 amide bonds. The van der Waals surface area contributed by atoms with Crippen LogP contribution >= 0.6 is 0 Å². The lowest BCUT2D eigenvalue weighted by Crippen LogP contribution is -2.32. The molecular weight excluding hydrogens is 272 g/mol. The Morgan fingerprint density at radius 1 is 1.27 bits per heavy atom. The summed E-state index contributed by atoms with van der Waals surface area (Å²) in [5, 5.41) is 0. The van der Waals surface area contributed by atoms with Gasteiger partial charge in [0.2, 0.25) is 0 Å². The Morgan fingerprint density at radius 2 is 2.05 bits per heavy atom. The number of hydrogen-bond acceptors (Lipinski definition) is 3. The normalized spacial score (nSPS) is 25.9. The summed E-state index contributed by atoms with van der Waals surface area (Å²) in [6.07, 6.45) is 1.37. The number of ether oxygens (including phenoxy) is 1. The van der Waals surface area contributed by atoms with Gasteiger partial charge in [0.15, 0.2) is 0 Å². The van der Waals surface area contributed by atoms with Crippen LogP contribution < -0.4 is 4.74 Å². The summed E-state index contributed by atoms with van der Waals surface area (Å²) >= 11 is 0. The van der Waals surface area contributed by atoms with E-state index in [-0.39, 0.29) is 0 Å². The zero-order chi connectivity index (χ0) is 15.9. The highest BCUT2D eigenvalue weighted by atomic mass is 16.5. The van der Waals surface area contributed by atoms with Crippen molar-refractivity contribution in [3.8, 4) is 5.75 Å². The number of aryl methyl sites for hydroxylation is 1. The molecule has 0 saturated carbocycles. The lowest BCUT2D eigenvalue weighted by Gasteiger charge is -2.22. The predicted octanol–water partition coefficient (Wildman–Crippen LogP) is 3.26. The molecule has 2 aliphatic rings. The van der Waals surface area contributed by atoms with E-state index in [0.717, 1.165) is 24.3 Å². The summed E-state index contributed by atoms with van der Waals surface area (Å²) in [6.45, 7) is 11.5. The van der Waals surface area contributed by atoms with Gasteiger partial charge in [-0.05, 0) is 61.5 Å². The lowest BCUT2D eigenvalue weighted by molar-refractivity contribution is 0.255. The van der Waals surface area contributed by atoms with Crippen molar-refractivity contribution in [2.45, 2.75) is 45.7 Å².